The van der Waals surface area contributed by atoms with Crippen molar-refractivity contribution < 1.29 is 5.11 Å². The van der Waals surface area contributed by atoms with Crippen molar-refractivity contribution in [1.29, 1.82) is 0 Å². The maximum atomic E-state index is 9.13. The molecule has 3 heteroatoms. The number of aryl methyl sites for hydroxylation is 1. The average Bonchev–Trinajstić information content (AvgIpc) is 2.59. The maximum absolute atomic E-state index is 9.13. The normalized spacial score (nSPS) is 11.1. The highest BCUT2D eigenvalue weighted by Gasteiger charge is 2.07. The highest BCUT2D eigenvalue weighted by molar-refractivity contribution is 9.10. The first kappa shape index (κ1) is 10.1. The van der Waals surface area contributed by atoms with Gasteiger partial charge in [0.15, 0.2) is 0 Å². The average molecular weight is 271 g/mol. The molecule has 1 heterocycles. The zero-order valence-electron chi connectivity index (χ0n) is 7.88. The number of aliphatic hydroxyl groups excluding tert-OH is 1. The van der Waals surface area contributed by atoms with Crippen LogP contribution >= 0.6 is 27.3 Å². The van der Waals surface area contributed by atoms with E-state index in [0.29, 0.717) is 0 Å². The van der Waals surface area contributed by atoms with Gasteiger partial charge >= 0.3 is 0 Å². The number of fused-ring (bicyclic) bond motifs is 1. The van der Waals surface area contributed by atoms with Crippen LogP contribution < -0.4 is 0 Å². The Kier molecular flexibility index (Phi) is 2.91. The fraction of sp³-hybridized carbons (Fsp3) is 0.273. The molecular formula is C11H11BrOS. The predicted octanol–water partition coefficient (Wildman–Crippen LogP) is 3.72. The molecule has 0 aliphatic heterocycles. The monoisotopic (exact) mass is 270 g/mol. The van der Waals surface area contributed by atoms with Gasteiger partial charge in [-0.1, -0.05) is 13.0 Å². The first-order chi connectivity index (χ1) is 6.76. The number of thiophene rings is 1. The first-order valence-electron chi connectivity index (χ1n) is 4.55. The summed E-state index contributed by atoms with van der Waals surface area (Å²) in [5.74, 6) is 0. The number of hydrogen-bond donors (Lipinski definition) is 1. The number of rotatable bonds is 2. The van der Waals surface area contributed by atoms with E-state index in [2.05, 4.69) is 40.4 Å². The van der Waals surface area contributed by atoms with Crippen molar-refractivity contribution in [1.82, 2.24) is 0 Å². The summed E-state index contributed by atoms with van der Waals surface area (Å²) in [6.45, 7) is 2.26. The molecule has 1 N–H and O–H groups in total. The van der Waals surface area contributed by atoms with Gasteiger partial charge in [-0.3, -0.25) is 0 Å². The van der Waals surface area contributed by atoms with Crippen molar-refractivity contribution in [3.63, 3.8) is 0 Å². The molecule has 0 spiro atoms. The molecule has 0 fully saturated rings. The van der Waals surface area contributed by atoms with Crippen LogP contribution in [0.2, 0.25) is 0 Å². The Balaban J connectivity index is 2.76. The Labute approximate surface area is 95.5 Å². The van der Waals surface area contributed by atoms with Crippen LogP contribution in [0.4, 0.5) is 0 Å². The molecule has 0 radical (unpaired) electrons. The van der Waals surface area contributed by atoms with Crippen LogP contribution in [0.15, 0.2) is 22.0 Å². The van der Waals surface area contributed by atoms with Crippen molar-refractivity contribution in [2.24, 2.45) is 0 Å². The topological polar surface area (TPSA) is 20.2 Å². The molecule has 1 nitrogen and oxygen atoms in total. The first-order valence-corrected chi connectivity index (χ1v) is 6.23. The third-order valence-electron chi connectivity index (χ3n) is 2.33. The smallest absolute Gasteiger partial charge is 0.0682 e. The second kappa shape index (κ2) is 4.01. The molecule has 2 aromatic rings. The minimum Gasteiger partial charge on any atom is -0.392 e. The van der Waals surface area contributed by atoms with Crippen LogP contribution in [0.25, 0.3) is 10.1 Å². The summed E-state index contributed by atoms with van der Waals surface area (Å²) in [7, 11) is 0. The molecule has 0 saturated carbocycles. The van der Waals surface area contributed by atoms with Gasteiger partial charge in [0.25, 0.3) is 0 Å². The molecule has 2 rings (SSSR count). The van der Waals surface area contributed by atoms with E-state index < -0.39 is 0 Å². The van der Waals surface area contributed by atoms with E-state index in [0.717, 1.165) is 16.5 Å². The number of hydrogen-bond acceptors (Lipinski definition) is 2. The second-order valence-electron chi connectivity index (χ2n) is 3.23. The van der Waals surface area contributed by atoms with Crippen LogP contribution in [0.5, 0.6) is 0 Å². The van der Waals surface area contributed by atoms with Crippen LogP contribution in [0.1, 0.15) is 18.1 Å². The number of benzene rings is 1. The van der Waals surface area contributed by atoms with Crippen molar-refractivity contribution >= 4 is 37.4 Å². The minimum atomic E-state index is 0.116. The summed E-state index contributed by atoms with van der Waals surface area (Å²) < 4.78 is 2.46. The largest absolute Gasteiger partial charge is 0.392 e. The lowest BCUT2D eigenvalue weighted by Crippen LogP contribution is -1.87. The highest BCUT2D eigenvalue weighted by atomic mass is 79.9. The van der Waals surface area contributed by atoms with Gasteiger partial charge in [0.05, 0.1) is 6.61 Å². The van der Waals surface area contributed by atoms with E-state index in [4.69, 9.17) is 5.11 Å². The standard InChI is InChI=1S/C11H11BrOS/c1-2-8-3-7(5-13)4-9-10(12)6-14-11(8)9/h3-4,6,13H,2,5H2,1H3. The molecule has 0 bridgehead atoms. The van der Waals surface area contributed by atoms with E-state index in [1.54, 1.807) is 11.3 Å². The highest BCUT2D eigenvalue weighted by Crippen LogP contribution is 2.34. The van der Waals surface area contributed by atoms with Crippen molar-refractivity contribution in [3.05, 3.63) is 33.1 Å². The van der Waals surface area contributed by atoms with Gasteiger partial charge in [-0.2, -0.15) is 0 Å². The van der Waals surface area contributed by atoms with E-state index in [1.807, 2.05) is 0 Å². The quantitative estimate of drug-likeness (QED) is 0.882. The van der Waals surface area contributed by atoms with E-state index >= 15 is 0 Å². The molecule has 0 aliphatic carbocycles. The minimum absolute atomic E-state index is 0.116. The van der Waals surface area contributed by atoms with Gasteiger partial charge in [-0.25, -0.2) is 0 Å². The molecule has 1 aromatic heterocycles. The molecule has 74 valence electrons. The molecular weight excluding hydrogens is 260 g/mol. The van der Waals surface area contributed by atoms with Gasteiger partial charge in [0.2, 0.25) is 0 Å². The Morgan fingerprint density at radius 3 is 2.86 bits per heavy atom. The summed E-state index contributed by atoms with van der Waals surface area (Å²) >= 11 is 5.28. The van der Waals surface area contributed by atoms with Crippen LogP contribution in [0.3, 0.4) is 0 Å². The van der Waals surface area contributed by atoms with Gasteiger partial charge in [-0.15, -0.1) is 11.3 Å². The zero-order chi connectivity index (χ0) is 10.1. The zero-order valence-corrected chi connectivity index (χ0v) is 10.3. The van der Waals surface area contributed by atoms with E-state index in [1.165, 1.54) is 15.6 Å². The van der Waals surface area contributed by atoms with Gasteiger partial charge < -0.3 is 5.11 Å². The molecule has 14 heavy (non-hydrogen) atoms. The third-order valence-corrected chi connectivity index (χ3v) is 4.36. The fourth-order valence-corrected chi connectivity index (χ4v) is 3.32. The Morgan fingerprint density at radius 1 is 1.43 bits per heavy atom. The van der Waals surface area contributed by atoms with Crippen LogP contribution in [-0.4, -0.2) is 5.11 Å². The van der Waals surface area contributed by atoms with Crippen LogP contribution in [0, 0.1) is 0 Å². The fourth-order valence-electron chi connectivity index (χ4n) is 1.60. The maximum Gasteiger partial charge on any atom is 0.0682 e. The van der Waals surface area contributed by atoms with Crippen molar-refractivity contribution in [2.75, 3.05) is 0 Å². The van der Waals surface area contributed by atoms with Crippen LogP contribution in [-0.2, 0) is 13.0 Å². The third kappa shape index (κ3) is 1.60. The Bertz CT molecular complexity index is 462. The summed E-state index contributed by atoms with van der Waals surface area (Å²) in [6.07, 6.45) is 1.01. The Hall–Kier alpha value is -0.380. The summed E-state index contributed by atoms with van der Waals surface area (Å²) in [4.78, 5) is 0. The molecule has 0 atom stereocenters. The van der Waals surface area contributed by atoms with E-state index in [9.17, 15) is 0 Å². The lowest BCUT2D eigenvalue weighted by molar-refractivity contribution is 0.282. The lowest BCUT2D eigenvalue weighted by Gasteiger charge is -2.03. The summed E-state index contributed by atoms with van der Waals surface area (Å²) in [5.41, 5.74) is 2.32. The van der Waals surface area contributed by atoms with E-state index in [-0.39, 0.29) is 6.61 Å². The van der Waals surface area contributed by atoms with Gasteiger partial charge in [-0.05, 0) is 39.5 Å². The molecule has 0 aliphatic rings. The summed E-state index contributed by atoms with van der Waals surface area (Å²) in [5, 5.41) is 12.5. The van der Waals surface area contributed by atoms with Crippen molar-refractivity contribution in [3.8, 4) is 0 Å². The van der Waals surface area contributed by atoms with Crippen molar-refractivity contribution in [2.45, 2.75) is 20.0 Å². The molecule has 0 unspecified atom stereocenters. The van der Waals surface area contributed by atoms with Gasteiger partial charge in [0, 0.05) is 19.9 Å². The SMILES string of the molecule is CCc1cc(CO)cc2c(Br)csc12. The molecule has 0 amide bonds. The Morgan fingerprint density at radius 2 is 2.21 bits per heavy atom. The molecule has 1 aromatic carbocycles. The number of aliphatic hydroxyl groups is 1. The van der Waals surface area contributed by atoms with Gasteiger partial charge in [0.1, 0.15) is 0 Å². The predicted molar refractivity (Wildman–Crippen MR) is 64.8 cm³/mol. The molecule has 0 saturated heterocycles. The second-order valence-corrected chi connectivity index (χ2v) is 4.96. The number of halogens is 1. The summed E-state index contributed by atoms with van der Waals surface area (Å²) in [6, 6.07) is 4.14. The lowest BCUT2D eigenvalue weighted by atomic mass is 10.1.